The number of amides is 1. The van der Waals surface area contributed by atoms with Gasteiger partial charge in [-0.3, -0.25) is 4.79 Å². The Hall–Kier alpha value is -0.570. The van der Waals surface area contributed by atoms with Gasteiger partial charge in [-0.25, -0.2) is 0 Å². The molecule has 0 aromatic rings. The predicted molar refractivity (Wildman–Crippen MR) is 67.0 cm³/mol. The molecule has 3 N–H and O–H groups in total. The van der Waals surface area contributed by atoms with E-state index in [2.05, 4.69) is 12.2 Å². The molecule has 0 aromatic carbocycles. The third-order valence-corrected chi connectivity index (χ3v) is 3.72. The molecule has 2 atom stereocenters. The summed E-state index contributed by atoms with van der Waals surface area (Å²) >= 11 is 0. The number of nitrogens with one attached hydrogen (secondary N) is 1. The van der Waals surface area contributed by atoms with Crippen LogP contribution in [-0.2, 0) is 4.79 Å². The normalized spacial score (nSPS) is 20.7. The van der Waals surface area contributed by atoms with E-state index >= 15 is 0 Å². The van der Waals surface area contributed by atoms with Crippen LogP contribution in [-0.4, -0.2) is 18.5 Å². The van der Waals surface area contributed by atoms with Crippen molar-refractivity contribution in [2.24, 2.45) is 17.6 Å². The fourth-order valence-corrected chi connectivity index (χ4v) is 2.62. The summed E-state index contributed by atoms with van der Waals surface area (Å²) in [6, 6.07) is 0.203. The van der Waals surface area contributed by atoms with Crippen molar-refractivity contribution in [1.82, 2.24) is 5.32 Å². The molecule has 1 amide bonds. The predicted octanol–water partition coefficient (Wildman–Crippen LogP) is 2.06. The lowest BCUT2D eigenvalue weighted by atomic mass is 9.96. The average Bonchev–Trinajstić information content (AvgIpc) is 2.79. The maximum Gasteiger partial charge on any atom is 0.223 e. The Bertz CT molecular complexity index is 212. The Morgan fingerprint density at radius 2 is 2.06 bits per heavy atom. The van der Waals surface area contributed by atoms with E-state index in [1.54, 1.807) is 0 Å². The van der Waals surface area contributed by atoms with Gasteiger partial charge in [0.15, 0.2) is 0 Å². The molecule has 0 saturated heterocycles. The van der Waals surface area contributed by atoms with E-state index in [1.165, 1.54) is 25.7 Å². The van der Waals surface area contributed by atoms with Gasteiger partial charge in [0.05, 0.1) is 0 Å². The highest BCUT2D eigenvalue weighted by Gasteiger charge is 2.26. The zero-order valence-corrected chi connectivity index (χ0v) is 10.7. The molecule has 0 spiro atoms. The second kappa shape index (κ2) is 6.89. The smallest absolute Gasteiger partial charge is 0.223 e. The Morgan fingerprint density at radius 1 is 1.44 bits per heavy atom. The van der Waals surface area contributed by atoms with Crippen LogP contribution < -0.4 is 11.1 Å². The highest BCUT2D eigenvalue weighted by atomic mass is 16.1. The van der Waals surface area contributed by atoms with Gasteiger partial charge in [-0.1, -0.05) is 33.1 Å². The molecule has 16 heavy (non-hydrogen) atoms. The molecule has 94 valence electrons. The maximum absolute atomic E-state index is 11.9. The molecule has 1 rings (SSSR count). The van der Waals surface area contributed by atoms with Crippen molar-refractivity contribution in [3.63, 3.8) is 0 Å². The zero-order valence-electron chi connectivity index (χ0n) is 10.7. The molecule has 1 saturated carbocycles. The number of nitrogens with two attached hydrogens (primary N) is 1. The Balaban J connectivity index is 2.39. The van der Waals surface area contributed by atoms with Crippen LogP contribution in [0.4, 0.5) is 0 Å². The molecule has 0 bridgehead atoms. The average molecular weight is 226 g/mol. The first-order chi connectivity index (χ1) is 7.69. The molecule has 1 aliphatic rings. The summed E-state index contributed by atoms with van der Waals surface area (Å²) in [5.41, 5.74) is 5.76. The molecule has 1 fully saturated rings. The Labute approximate surface area is 99.2 Å². The summed E-state index contributed by atoms with van der Waals surface area (Å²) in [4.78, 5) is 11.9. The third kappa shape index (κ3) is 3.78. The van der Waals surface area contributed by atoms with Crippen molar-refractivity contribution in [3.05, 3.63) is 0 Å². The van der Waals surface area contributed by atoms with Gasteiger partial charge in [-0.05, 0) is 25.2 Å². The lowest BCUT2D eigenvalue weighted by Crippen LogP contribution is -2.46. The van der Waals surface area contributed by atoms with Crippen LogP contribution in [0.2, 0.25) is 0 Å². The molecule has 0 heterocycles. The largest absolute Gasteiger partial charge is 0.352 e. The van der Waals surface area contributed by atoms with Gasteiger partial charge in [0.1, 0.15) is 0 Å². The number of hydrogen-bond donors (Lipinski definition) is 2. The highest BCUT2D eigenvalue weighted by molar-refractivity contribution is 5.78. The second-order valence-corrected chi connectivity index (χ2v) is 5.09. The minimum Gasteiger partial charge on any atom is -0.352 e. The minimum absolute atomic E-state index is 0.125. The molecule has 1 aliphatic carbocycles. The molecule has 0 aliphatic heterocycles. The lowest BCUT2D eigenvalue weighted by Gasteiger charge is -2.24. The van der Waals surface area contributed by atoms with Gasteiger partial charge in [0, 0.05) is 18.5 Å². The molecule has 2 unspecified atom stereocenters. The van der Waals surface area contributed by atoms with Crippen molar-refractivity contribution < 1.29 is 4.79 Å². The first-order valence-electron chi connectivity index (χ1n) is 6.69. The van der Waals surface area contributed by atoms with Crippen LogP contribution in [0, 0.1) is 11.8 Å². The number of carbonyl (C=O) groups is 1. The van der Waals surface area contributed by atoms with Gasteiger partial charge in [-0.2, -0.15) is 0 Å². The van der Waals surface area contributed by atoms with E-state index < -0.39 is 0 Å². The molecule has 3 nitrogen and oxygen atoms in total. The number of rotatable bonds is 6. The van der Waals surface area contributed by atoms with E-state index in [0.717, 1.165) is 12.8 Å². The fourth-order valence-electron chi connectivity index (χ4n) is 2.62. The third-order valence-electron chi connectivity index (χ3n) is 3.72. The van der Waals surface area contributed by atoms with Crippen LogP contribution >= 0.6 is 0 Å². The van der Waals surface area contributed by atoms with Crippen LogP contribution in [0.1, 0.15) is 52.4 Å². The summed E-state index contributed by atoms with van der Waals surface area (Å²) in [7, 11) is 0. The van der Waals surface area contributed by atoms with Crippen LogP contribution in [0.25, 0.3) is 0 Å². The zero-order chi connectivity index (χ0) is 12.0. The van der Waals surface area contributed by atoms with E-state index in [1.807, 2.05) is 6.92 Å². The second-order valence-electron chi connectivity index (χ2n) is 5.09. The minimum atomic E-state index is 0.125. The number of hydrogen-bond acceptors (Lipinski definition) is 2. The van der Waals surface area contributed by atoms with Crippen molar-refractivity contribution >= 4 is 5.91 Å². The molecular weight excluding hydrogens is 200 g/mol. The van der Waals surface area contributed by atoms with Gasteiger partial charge in [0.25, 0.3) is 0 Å². The monoisotopic (exact) mass is 226 g/mol. The summed E-state index contributed by atoms with van der Waals surface area (Å²) in [5.74, 6) is 0.924. The van der Waals surface area contributed by atoms with Crippen LogP contribution in [0.15, 0.2) is 0 Å². The molecule has 0 radical (unpaired) electrons. The quantitative estimate of drug-likeness (QED) is 0.728. The van der Waals surface area contributed by atoms with Crippen molar-refractivity contribution in [3.8, 4) is 0 Å². The van der Waals surface area contributed by atoms with Gasteiger partial charge >= 0.3 is 0 Å². The molecule has 0 aromatic heterocycles. The summed E-state index contributed by atoms with van der Waals surface area (Å²) in [6.07, 6.45) is 7.07. The highest BCUT2D eigenvalue weighted by Crippen LogP contribution is 2.27. The topological polar surface area (TPSA) is 55.1 Å². The van der Waals surface area contributed by atoms with Crippen LogP contribution in [0.5, 0.6) is 0 Å². The number of carbonyl (C=O) groups excluding carboxylic acids is 1. The fraction of sp³-hybridized carbons (Fsp3) is 0.923. The molecule has 3 heteroatoms. The van der Waals surface area contributed by atoms with Gasteiger partial charge < -0.3 is 11.1 Å². The van der Waals surface area contributed by atoms with Crippen molar-refractivity contribution in [2.75, 3.05) is 6.54 Å². The Kier molecular flexibility index (Phi) is 5.81. The van der Waals surface area contributed by atoms with E-state index in [9.17, 15) is 4.79 Å². The first-order valence-corrected chi connectivity index (χ1v) is 6.69. The summed E-state index contributed by atoms with van der Waals surface area (Å²) < 4.78 is 0. The summed E-state index contributed by atoms with van der Waals surface area (Å²) in [5, 5.41) is 3.13. The van der Waals surface area contributed by atoms with E-state index in [-0.39, 0.29) is 17.9 Å². The van der Waals surface area contributed by atoms with Gasteiger partial charge in [-0.15, -0.1) is 0 Å². The SMILES string of the molecule is CCCC(C)C(=O)NC(CN)C1CCCC1. The van der Waals surface area contributed by atoms with E-state index in [0.29, 0.717) is 12.5 Å². The maximum atomic E-state index is 11.9. The lowest BCUT2D eigenvalue weighted by molar-refractivity contribution is -0.125. The molecular formula is C13H26N2O. The van der Waals surface area contributed by atoms with Crippen molar-refractivity contribution in [1.29, 1.82) is 0 Å². The van der Waals surface area contributed by atoms with Crippen LogP contribution in [0.3, 0.4) is 0 Å². The Morgan fingerprint density at radius 3 is 2.56 bits per heavy atom. The van der Waals surface area contributed by atoms with Crippen molar-refractivity contribution in [2.45, 2.75) is 58.4 Å². The first kappa shape index (κ1) is 13.5. The van der Waals surface area contributed by atoms with Gasteiger partial charge in [0.2, 0.25) is 5.91 Å². The van der Waals surface area contributed by atoms with E-state index in [4.69, 9.17) is 5.73 Å². The standard InChI is InChI=1S/C13H26N2O/c1-3-6-10(2)13(16)15-12(9-14)11-7-4-5-8-11/h10-12H,3-9,14H2,1-2H3,(H,15,16). The summed E-state index contributed by atoms with van der Waals surface area (Å²) in [6.45, 7) is 4.69.